The van der Waals surface area contributed by atoms with Gasteiger partial charge in [-0.05, 0) is 47.9 Å². The highest BCUT2D eigenvalue weighted by Crippen LogP contribution is 2.30. The molecule has 0 saturated heterocycles. The van der Waals surface area contributed by atoms with E-state index in [0.29, 0.717) is 24.1 Å². The number of halogens is 1. The van der Waals surface area contributed by atoms with E-state index in [0.717, 1.165) is 28.2 Å². The van der Waals surface area contributed by atoms with Crippen LogP contribution in [-0.4, -0.2) is 16.2 Å². The van der Waals surface area contributed by atoms with Gasteiger partial charge in [-0.3, -0.25) is 0 Å². The highest BCUT2D eigenvalue weighted by Gasteiger charge is 2.14. The van der Waals surface area contributed by atoms with Crippen LogP contribution in [0.2, 0.25) is 5.02 Å². The molecule has 0 bridgehead atoms. The number of hydrogen-bond acceptors (Lipinski definition) is 2. The molecule has 0 aliphatic heterocycles. The Labute approximate surface area is 170 Å². The van der Waals surface area contributed by atoms with Gasteiger partial charge in [0.1, 0.15) is 18.2 Å². The summed E-state index contributed by atoms with van der Waals surface area (Å²) in [4.78, 5) is 4.82. The maximum absolute atomic E-state index is 6.44. The molecule has 0 saturated carbocycles. The van der Waals surface area contributed by atoms with Crippen LogP contribution in [0.25, 0.3) is 22.4 Å². The zero-order valence-electron chi connectivity index (χ0n) is 16.1. The van der Waals surface area contributed by atoms with Crippen LogP contribution in [0, 0.1) is 0 Å². The first-order valence-corrected chi connectivity index (χ1v) is 9.94. The predicted octanol–water partition coefficient (Wildman–Crippen LogP) is 6.56. The molecule has 0 aliphatic carbocycles. The fraction of sp³-hybridized carbons (Fsp3) is 0.208. The number of aromatic nitrogens is 2. The number of benzene rings is 3. The Morgan fingerprint density at radius 3 is 2.39 bits per heavy atom. The first-order chi connectivity index (χ1) is 13.6. The van der Waals surface area contributed by atoms with Gasteiger partial charge in [0.25, 0.3) is 0 Å². The van der Waals surface area contributed by atoms with Crippen molar-refractivity contribution in [2.45, 2.75) is 26.3 Å². The second-order valence-corrected chi connectivity index (χ2v) is 7.54. The Kier molecular flexibility index (Phi) is 5.36. The van der Waals surface area contributed by atoms with E-state index in [1.54, 1.807) is 0 Å². The lowest BCUT2D eigenvalue weighted by Gasteiger charge is -2.12. The number of para-hydroxylation sites is 2. The van der Waals surface area contributed by atoms with Crippen LogP contribution in [0.1, 0.15) is 25.3 Å². The lowest BCUT2D eigenvalue weighted by atomic mass is 10.0. The molecular formula is C24H23ClN2O. The van der Waals surface area contributed by atoms with Crippen molar-refractivity contribution in [3.63, 3.8) is 0 Å². The summed E-state index contributed by atoms with van der Waals surface area (Å²) in [6, 6.07) is 24.3. The zero-order valence-corrected chi connectivity index (χ0v) is 16.9. The molecule has 0 N–H and O–H groups in total. The average Bonchev–Trinajstić information content (AvgIpc) is 3.07. The Balaban J connectivity index is 1.59. The Morgan fingerprint density at radius 1 is 0.929 bits per heavy atom. The SMILES string of the molecule is CC(C)c1ccc(OCCn2c(-c3ccccc3Cl)nc3ccccc32)cc1. The predicted molar refractivity (Wildman–Crippen MR) is 116 cm³/mol. The van der Waals surface area contributed by atoms with Crippen molar-refractivity contribution in [2.75, 3.05) is 6.61 Å². The van der Waals surface area contributed by atoms with Gasteiger partial charge in [0.2, 0.25) is 0 Å². The second-order valence-electron chi connectivity index (χ2n) is 7.13. The molecule has 0 aliphatic rings. The molecule has 1 aromatic heterocycles. The van der Waals surface area contributed by atoms with E-state index >= 15 is 0 Å². The summed E-state index contributed by atoms with van der Waals surface area (Å²) in [5, 5.41) is 0.698. The van der Waals surface area contributed by atoms with E-state index in [4.69, 9.17) is 21.3 Å². The third-order valence-electron chi connectivity index (χ3n) is 4.90. The summed E-state index contributed by atoms with van der Waals surface area (Å²) in [6.07, 6.45) is 0. The van der Waals surface area contributed by atoms with Gasteiger partial charge in [-0.25, -0.2) is 4.98 Å². The van der Waals surface area contributed by atoms with Crippen molar-refractivity contribution in [3.8, 4) is 17.1 Å². The van der Waals surface area contributed by atoms with Crippen LogP contribution in [0.4, 0.5) is 0 Å². The van der Waals surface area contributed by atoms with Crippen molar-refractivity contribution >= 4 is 22.6 Å². The molecule has 28 heavy (non-hydrogen) atoms. The van der Waals surface area contributed by atoms with E-state index in [1.165, 1.54) is 5.56 Å². The molecule has 1 heterocycles. The minimum atomic E-state index is 0.518. The molecular weight excluding hydrogens is 368 g/mol. The van der Waals surface area contributed by atoms with Crippen LogP contribution in [0.5, 0.6) is 5.75 Å². The fourth-order valence-electron chi connectivity index (χ4n) is 3.35. The molecule has 4 aromatic rings. The Bertz CT molecular complexity index is 1080. The van der Waals surface area contributed by atoms with Gasteiger partial charge in [-0.1, -0.05) is 61.8 Å². The number of rotatable bonds is 6. The lowest BCUT2D eigenvalue weighted by molar-refractivity contribution is 0.300. The van der Waals surface area contributed by atoms with Gasteiger partial charge in [0.05, 0.1) is 22.6 Å². The Hall–Kier alpha value is -2.78. The quantitative estimate of drug-likeness (QED) is 0.372. The zero-order chi connectivity index (χ0) is 19.5. The molecule has 0 spiro atoms. The van der Waals surface area contributed by atoms with Gasteiger partial charge in [0.15, 0.2) is 0 Å². The minimum Gasteiger partial charge on any atom is -0.492 e. The van der Waals surface area contributed by atoms with Crippen molar-refractivity contribution in [2.24, 2.45) is 0 Å². The summed E-state index contributed by atoms with van der Waals surface area (Å²) in [6.45, 7) is 5.62. The molecule has 0 radical (unpaired) electrons. The van der Waals surface area contributed by atoms with Gasteiger partial charge in [-0.15, -0.1) is 0 Å². The normalized spacial score (nSPS) is 11.3. The summed E-state index contributed by atoms with van der Waals surface area (Å²) < 4.78 is 8.18. The fourth-order valence-corrected chi connectivity index (χ4v) is 3.57. The standard InChI is InChI=1S/C24H23ClN2O/c1-17(2)18-11-13-19(14-12-18)28-16-15-27-23-10-6-5-9-22(23)26-24(27)20-7-3-4-8-21(20)25/h3-14,17H,15-16H2,1-2H3. The molecule has 142 valence electrons. The maximum Gasteiger partial charge on any atom is 0.142 e. The molecule has 0 fully saturated rings. The number of nitrogens with zero attached hydrogens (tertiary/aromatic N) is 2. The van der Waals surface area contributed by atoms with Crippen LogP contribution >= 0.6 is 11.6 Å². The molecule has 4 heteroatoms. The number of fused-ring (bicyclic) bond motifs is 1. The first-order valence-electron chi connectivity index (χ1n) is 9.56. The highest BCUT2D eigenvalue weighted by molar-refractivity contribution is 6.33. The molecule has 3 aromatic carbocycles. The maximum atomic E-state index is 6.44. The summed E-state index contributed by atoms with van der Waals surface area (Å²) >= 11 is 6.44. The minimum absolute atomic E-state index is 0.518. The van der Waals surface area contributed by atoms with E-state index < -0.39 is 0 Å². The van der Waals surface area contributed by atoms with E-state index in [2.05, 4.69) is 36.6 Å². The van der Waals surface area contributed by atoms with Crippen molar-refractivity contribution in [1.82, 2.24) is 9.55 Å². The molecule has 4 rings (SSSR count). The first kappa shape index (κ1) is 18.6. The van der Waals surface area contributed by atoms with Gasteiger partial charge in [0, 0.05) is 5.56 Å². The van der Waals surface area contributed by atoms with Gasteiger partial charge >= 0.3 is 0 Å². The smallest absolute Gasteiger partial charge is 0.142 e. The lowest BCUT2D eigenvalue weighted by Crippen LogP contribution is -2.09. The van der Waals surface area contributed by atoms with Crippen LogP contribution in [0.3, 0.4) is 0 Å². The Morgan fingerprint density at radius 2 is 1.64 bits per heavy atom. The molecule has 0 amide bonds. The summed E-state index contributed by atoms with van der Waals surface area (Å²) in [5.74, 6) is 2.27. The summed E-state index contributed by atoms with van der Waals surface area (Å²) in [5.41, 5.74) is 4.28. The number of imidazole rings is 1. The van der Waals surface area contributed by atoms with E-state index in [9.17, 15) is 0 Å². The van der Waals surface area contributed by atoms with Crippen LogP contribution in [0.15, 0.2) is 72.8 Å². The van der Waals surface area contributed by atoms with E-state index in [-0.39, 0.29) is 0 Å². The highest BCUT2D eigenvalue weighted by atomic mass is 35.5. The molecule has 0 unspecified atom stereocenters. The van der Waals surface area contributed by atoms with Crippen LogP contribution in [-0.2, 0) is 6.54 Å². The number of ether oxygens (including phenoxy) is 1. The third kappa shape index (κ3) is 3.76. The summed E-state index contributed by atoms with van der Waals surface area (Å²) in [7, 11) is 0. The van der Waals surface area contributed by atoms with Crippen LogP contribution < -0.4 is 4.74 Å². The largest absolute Gasteiger partial charge is 0.492 e. The number of hydrogen-bond donors (Lipinski definition) is 0. The molecule has 3 nitrogen and oxygen atoms in total. The van der Waals surface area contributed by atoms with E-state index in [1.807, 2.05) is 54.6 Å². The van der Waals surface area contributed by atoms with Crippen molar-refractivity contribution < 1.29 is 4.74 Å². The van der Waals surface area contributed by atoms with Gasteiger partial charge in [-0.2, -0.15) is 0 Å². The topological polar surface area (TPSA) is 27.1 Å². The average molecular weight is 391 g/mol. The second kappa shape index (κ2) is 8.07. The molecule has 0 atom stereocenters. The van der Waals surface area contributed by atoms with Crippen molar-refractivity contribution in [3.05, 3.63) is 83.4 Å². The van der Waals surface area contributed by atoms with Crippen molar-refractivity contribution in [1.29, 1.82) is 0 Å². The monoisotopic (exact) mass is 390 g/mol. The van der Waals surface area contributed by atoms with Gasteiger partial charge < -0.3 is 9.30 Å². The third-order valence-corrected chi connectivity index (χ3v) is 5.23.